The van der Waals surface area contributed by atoms with Gasteiger partial charge in [-0.25, -0.2) is 0 Å². The third kappa shape index (κ3) is 5.02. The van der Waals surface area contributed by atoms with Crippen molar-refractivity contribution in [2.45, 2.75) is 93.2 Å². The zero-order valence-corrected chi connectivity index (χ0v) is 32.7. The summed E-state index contributed by atoms with van der Waals surface area (Å²) >= 11 is 0. The Morgan fingerprint density at radius 1 is 0.490 bits per heavy atom. The first-order valence-electron chi connectivity index (χ1n) is 17.7. The van der Waals surface area contributed by atoms with Crippen molar-refractivity contribution in [2.24, 2.45) is 10.8 Å². The summed E-state index contributed by atoms with van der Waals surface area (Å²) in [7, 11) is -3.30. The lowest BCUT2D eigenvalue weighted by atomic mass is 9.74. The molecule has 3 aliphatic rings. The Bertz CT molecular complexity index is 2350. The summed E-state index contributed by atoms with van der Waals surface area (Å²) in [4.78, 5) is 56.1. The molecule has 0 bridgehead atoms. The number of carbonyl (C=O) groups excluding carboxylic acids is 4. The second-order valence-corrected chi connectivity index (χ2v) is 23.0. The van der Waals surface area contributed by atoms with Crippen molar-refractivity contribution in [2.75, 3.05) is 0 Å². The molecule has 0 saturated carbocycles. The summed E-state index contributed by atoms with van der Waals surface area (Å²) in [6, 6.07) is 15.0. The van der Waals surface area contributed by atoms with Gasteiger partial charge in [-0.2, -0.15) is 0 Å². The molecule has 4 aromatic carbocycles. The molecule has 2 aliphatic carbocycles. The van der Waals surface area contributed by atoms with Crippen LogP contribution in [0.3, 0.4) is 0 Å². The number of ketones is 4. The Morgan fingerprint density at radius 2 is 0.980 bits per heavy atom. The van der Waals surface area contributed by atoms with Crippen LogP contribution < -0.4 is 8.85 Å². The van der Waals surface area contributed by atoms with Gasteiger partial charge in [-0.1, -0.05) is 101 Å². The molecule has 7 rings (SSSR count). The molecule has 7 heteroatoms. The van der Waals surface area contributed by atoms with E-state index in [0.29, 0.717) is 66.8 Å². The molecule has 0 N–H and O–H groups in total. The van der Waals surface area contributed by atoms with Gasteiger partial charge in [0.05, 0.1) is 0 Å². The van der Waals surface area contributed by atoms with Crippen molar-refractivity contribution in [1.29, 1.82) is 0 Å². The fraction of sp³-hybridized carbons (Fsp3) is 0.364. The van der Waals surface area contributed by atoms with Crippen molar-refractivity contribution in [1.82, 2.24) is 0 Å². The second kappa shape index (κ2) is 10.7. The highest BCUT2D eigenvalue weighted by Gasteiger charge is 2.63. The van der Waals surface area contributed by atoms with Crippen molar-refractivity contribution < 1.29 is 28.0 Å². The van der Waals surface area contributed by atoms with E-state index in [-0.39, 0.29) is 23.1 Å². The molecule has 1 aliphatic heterocycles. The number of allylic oxidation sites excluding steroid dienone is 4. The van der Waals surface area contributed by atoms with E-state index in [1.54, 1.807) is 12.1 Å². The molecule has 262 valence electrons. The summed E-state index contributed by atoms with van der Waals surface area (Å²) in [5, 5.41) is 1.98. The standard InChI is InChI=1S/C44H46O6Si/c1-41(2,3)29-21-32(46)27-20-26-24(19-28(27)39(29)47)15-18-33-36(26)38-34(50-51(49-33,43(7,8)9)44(10,11)12)17-14-23-13-16-25-31(45)22-30(42(4,5)6)40(48)37(25)35(23)38/h13-22H,1-12H3. The second-order valence-electron chi connectivity index (χ2n) is 18.4. The largest absolute Gasteiger partial charge is 0.511 e. The van der Waals surface area contributed by atoms with E-state index >= 15 is 0 Å². The Morgan fingerprint density at radius 3 is 1.53 bits per heavy atom. The van der Waals surface area contributed by atoms with Gasteiger partial charge in [0.25, 0.3) is 0 Å². The SMILES string of the molecule is CC(C)(C)C1=CC(=O)c2cc3c4c(ccc3cc2C1=O)O[Si](C(C)(C)C)(C(C)(C)C)Oc1ccc2ccc3c(c2c1-4)C(=O)C(C(C)(C)C)=CC3=O. The smallest absolute Gasteiger partial charge is 0.471 e. The van der Waals surface area contributed by atoms with Gasteiger partial charge in [0.1, 0.15) is 11.5 Å². The van der Waals surface area contributed by atoms with E-state index in [4.69, 9.17) is 8.85 Å². The number of fused-ring (bicyclic) bond motifs is 10. The van der Waals surface area contributed by atoms with Crippen molar-refractivity contribution in [3.05, 3.63) is 94.1 Å². The molecule has 0 aromatic heterocycles. The van der Waals surface area contributed by atoms with E-state index in [1.807, 2.05) is 77.9 Å². The van der Waals surface area contributed by atoms with Crippen LogP contribution in [0.1, 0.15) is 125 Å². The molecule has 0 saturated heterocycles. The van der Waals surface area contributed by atoms with Gasteiger partial charge in [0.15, 0.2) is 23.1 Å². The quantitative estimate of drug-likeness (QED) is 0.170. The molecule has 6 nitrogen and oxygen atoms in total. The third-order valence-corrected chi connectivity index (χ3v) is 15.6. The molecular weight excluding hydrogens is 653 g/mol. The van der Waals surface area contributed by atoms with Crippen LogP contribution in [0.2, 0.25) is 10.1 Å². The lowest BCUT2D eigenvalue weighted by Crippen LogP contribution is -2.62. The summed E-state index contributed by atoms with van der Waals surface area (Å²) in [6.45, 7) is 24.5. The van der Waals surface area contributed by atoms with Crippen LogP contribution in [0.4, 0.5) is 0 Å². The predicted molar refractivity (Wildman–Crippen MR) is 206 cm³/mol. The molecule has 4 aromatic rings. The molecule has 0 spiro atoms. The van der Waals surface area contributed by atoms with Gasteiger partial charge >= 0.3 is 8.56 Å². The maximum absolute atomic E-state index is 14.6. The molecule has 0 atom stereocenters. The minimum Gasteiger partial charge on any atom is -0.511 e. The number of carbonyl (C=O) groups is 4. The number of benzene rings is 4. The average molecular weight is 699 g/mol. The van der Waals surface area contributed by atoms with Crippen LogP contribution in [-0.2, 0) is 0 Å². The highest BCUT2D eigenvalue weighted by molar-refractivity contribution is 6.75. The molecule has 0 fully saturated rings. The Hall–Kier alpha value is -4.62. The summed E-state index contributed by atoms with van der Waals surface area (Å²) in [5.41, 5.74) is 2.53. The molecule has 0 radical (unpaired) electrons. The van der Waals surface area contributed by atoms with E-state index in [9.17, 15) is 19.2 Å². The normalized spacial score (nSPS) is 17.5. The Labute approximate surface area is 301 Å². The van der Waals surface area contributed by atoms with Gasteiger partial charge in [0.2, 0.25) is 0 Å². The van der Waals surface area contributed by atoms with Gasteiger partial charge in [-0.05, 0) is 69.5 Å². The van der Waals surface area contributed by atoms with Crippen LogP contribution in [0, 0.1) is 10.8 Å². The van der Waals surface area contributed by atoms with Gasteiger partial charge in [-0.15, -0.1) is 0 Å². The van der Waals surface area contributed by atoms with Crippen LogP contribution in [0.25, 0.3) is 32.7 Å². The van der Waals surface area contributed by atoms with E-state index in [1.165, 1.54) is 12.2 Å². The van der Waals surface area contributed by atoms with Gasteiger partial charge in [-0.3, -0.25) is 19.2 Å². The Kier molecular flexibility index (Phi) is 7.30. The zero-order valence-electron chi connectivity index (χ0n) is 31.7. The van der Waals surface area contributed by atoms with Crippen molar-refractivity contribution >= 4 is 53.2 Å². The maximum Gasteiger partial charge on any atom is 0.471 e. The van der Waals surface area contributed by atoms with Crippen LogP contribution in [-0.4, -0.2) is 31.7 Å². The Balaban J connectivity index is 1.66. The number of hydrogen-bond acceptors (Lipinski definition) is 6. The summed E-state index contributed by atoms with van der Waals surface area (Å²) in [6.07, 6.45) is 2.95. The third-order valence-electron chi connectivity index (χ3n) is 10.7. The lowest BCUT2D eigenvalue weighted by molar-refractivity contribution is 0.0967. The first-order chi connectivity index (χ1) is 23.5. The minimum absolute atomic E-state index is 0.161. The first-order valence-corrected chi connectivity index (χ1v) is 19.5. The predicted octanol–water partition coefficient (Wildman–Crippen LogP) is 11.2. The van der Waals surface area contributed by atoms with Crippen LogP contribution in [0.5, 0.6) is 11.5 Å². The highest BCUT2D eigenvalue weighted by atomic mass is 28.4. The van der Waals surface area contributed by atoms with Crippen molar-refractivity contribution in [3.8, 4) is 22.6 Å². The average Bonchev–Trinajstić information content (AvgIpc) is 3.18. The summed E-state index contributed by atoms with van der Waals surface area (Å²) < 4.78 is 14.7. The van der Waals surface area contributed by atoms with E-state index in [2.05, 4.69) is 41.5 Å². The first kappa shape index (κ1) is 34.8. The minimum atomic E-state index is -3.30. The molecule has 0 unspecified atom stereocenters. The highest BCUT2D eigenvalue weighted by Crippen LogP contribution is 2.59. The molecule has 0 amide bonds. The monoisotopic (exact) mass is 698 g/mol. The van der Waals surface area contributed by atoms with Gasteiger partial charge < -0.3 is 8.85 Å². The topological polar surface area (TPSA) is 86.7 Å². The van der Waals surface area contributed by atoms with E-state index in [0.717, 1.165) is 10.8 Å². The summed E-state index contributed by atoms with van der Waals surface area (Å²) in [5.74, 6) is 0.322. The van der Waals surface area contributed by atoms with Crippen LogP contribution in [0.15, 0.2) is 71.8 Å². The zero-order chi connectivity index (χ0) is 37.4. The molecule has 51 heavy (non-hydrogen) atoms. The van der Waals surface area contributed by atoms with E-state index < -0.39 is 29.5 Å². The fourth-order valence-electron chi connectivity index (χ4n) is 8.27. The number of rotatable bonds is 0. The number of hydrogen-bond donors (Lipinski definition) is 0. The van der Waals surface area contributed by atoms with Crippen LogP contribution >= 0.6 is 0 Å². The fourth-order valence-corrected chi connectivity index (χ4v) is 12.7. The van der Waals surface area contributed by atoms with Gasteiger partial charge in [0, 0.05) is 60.0 Å². The number of Topliss-reactive ketones (excluding diaryl/α,β-unsaturated/α-hetero) is 2. The van der Waals surface area contributed by atoms with Crippen molar-refractivity contribution in [3.63, 3.8) is 0 Å². The molecule has 1 heterocycles. The molecular formula is C44H46O6Si. The maximum atomic E-state index is 14.6. The lowest BCUT2D eigenvalue weighted by Gasteiger charge is -2.47.